The molecule has 11 heteroatoms. The zero-order chi connectivity index (χ0) is 28.4. The molecule has 1 fully saturated rings. The highest BCUT2D eigenvalue weighted by molar-refractivity contribution is 7.87. The number of hydrogen-bond donors (Lipinski definition) is 0. The molecule has 0 spiro atoms. The molecule has 1 heterocycles. The van der Waals surface area contributed by atoms with Gasteiger partial charge in [-0.15, -0.1) is 0 Å². The minimum atomic E-state index is -4.24. The molecule has 5 rings (SSSR count). The number of urea groups is 1. The summed E-state index contributed by atoms with van der Waals surface area (Å²) < 4.78 is 30.6. The lowest BCUT2D eigenvalue weighted by atomic mass is 10.0. The Morgan fingerprint density at radius 3 is 1.52 bits per heavy atom. The number of anilines is 2. The SMILES string of the molecule is O=C1C(=Cc2cc(Cl)c(OS(=O)(=O)c3ccccc3)c(Cl)c2)C(=O)N(c2ccccc2)C(=O)N1c1ccccc1. The Labute approximate surface area is 239 Å². The number of halogens is 2. The lowest BCUT2D eigenvalue weighted by Crippen LogP contribution is -2.57. The van der Waals surface area contributed by atoms with Gasteiger partial charge < -0.3 is 4.18 Å². The van der Waals surface area contributed by atoms with Gasteiger partial charge in [0.15, 0.2) is 5.75 Å². The minimum absolute atomic E-state index is 0.0987. The standard InChI is InChI=1S/C29H18Cl2N2O6S/c30-24-17-19(18-25(31)26(24)39-40(37,38)22-14-8-3-9-15-22)16-23-27(34)32(20-10-4-1-5-11-20)29(36)33(28(23)35)21-12-6-2-7-13-21/h1-18H. The Morgan fingerprint density at radius 2 is 1.07 bits per heavy atom. The lowest BCUT2D eigenvalue weighted by Gasteiger charge is -2.33. The van der Waals surface area contributed by atoms with Crippen molar-refractivity contribution in [3.8, 4) is 5.75 Å². The van der Waals surface area contributed by atoms with Crippen molar-refractivity contribution in [3.05, 3.63) is 124 Å². The molecule has 4 aromatic carbocycles. The second-order valence-corrected chi connectivity index (χ2v) is 10.8. The summed E-state index contributed by atoms with van der Waals surface area (Å²) in [6.07, 6.45) is 1.23. The molecule has 0 saturated carbocycles. The number of carbonyl (C=O) groups is 3. The van der Waals surface area contributed by atoms with Crippen LogP contribution in [0.2, 0.25) is 10.0 Å². The maximum absolute atomic E-state index is 13.5. The van der Waals surface area contributed by atoms with Crippen LogP contribution >= 0.6 is 23.2 Å². The van der Waals surface area contributed by atoms with E-state index < -0.39 is 28.0 Å². The second kappa shape index (κ2) is 11.0. The fourth-order valence-electron chi connectivity index (χ4n) is 3.99. The highest BCUT2D eigenvalue weighted by Crippen LogP contribution is 2.37. The number of para-hydroxylation sites is 2. The molecule has 200 valence electrons. The van der Waals surface area contributed by atoms with Crippen LogP contribution in [0.3, 0.4) is 0 Å². The van der Waals surface area contributed by atoms with Crippen molar-refractivity contribution in [1.82, 2.24) is 0 Å². The summed E-state index contributed by atoms with van der Waals surface area (Å²) in [6.45, 7) is 0. The van der Waals surface area contributed by atoms with Gasteiger partial charge in [-0.2, -0.15) is 8.42 Å². The van der Waals surface area contributed by atoms with E-state index >= 15 is 0 Å². The molecule has 0 radical (unpaired) electrons. The van der Waals surface area contributed by atoms with E-state index in [4.69, 9.17) is 27.4 Å². The van der Waals surface area contributed by atoms with Gasteiger partial charge >= 0.3 is 16.1 Å². The normalized spacial score (nSPS) is 13.9. The summed E-state index contributed by atoms with van der Waals surface area (Å²) in [4.78, 5) is 42.2. The molecule has 0 N–H and O–H groups in total. The number of carbonyl (C=O) groups excluding carboxylic acids is 3. The summed E-state index contributed by atoms with van der Waals surface area (Å²) >= 11 is 12.7. The van der Waals surface area contributed by atoms with Gasteiger partial charge in [-0.3, -0.25) is 9.59 Å². The van der Waals surface area contributed by atoms with Crippen molar-refractivity contribution in [3.63, 3.8) is 0 Å². The zero-order valence-electron chi connectivity index (χ0n) is 20.4. The third-order valence-corrected chi connectivity index (χ3v) is 7.63. The fraction of sp³-hybridized carbons (Fsp3) is 0. The van der Waals surface area contributed by atoms with E-state index in [1.807, 2.05) is 0 Å². The van der Waals surface area contributed by atoms with Crippen molar-refractivity contribution in [2.75, 3.05) is 9.80 Å². The summed E-state index contributed by atoms with van der Waals surface area (Å²) in [5.74, 6) is -2.03. The molecule has 40 heavy (non-hydrogen) atoms. The maximum Gasteiger partial charge on any atom is 0.343 e. The Kier molecular flexibility index (Phi) is 7.44. The Hall–Kier alpha value is -4.44. The first kappa shape index (κ1) is 27.1. The third-order valence-electron chi connectivity index (χ3n) is 5.83. The molecule has 0 bridgehead atoms. The average molecular weight is 593 g/mol. The molecule has 0 atom stereocenters. The molecule has 0 aromatic heterocycles. The molecule has 1 aliphatic heterocycles. The van der Waals surface area contributed by atoms with Crippen molar-refractivity contribution in [1.29, 1.82) is 0 Å². The van der Waals surface area contributed by atoms with Crippen molar-refractivity contribution in [2.45, 2.75) is 4.90 Å². The van der Waals surface area contributed by atoms with Gasteiger partial charge in [0.05, 0.1) is 21.4 Å². The van der Waals surface area contributed by atoms with E-state index in [0.29, 0.717) is 0 Å². The van der Waals surface area contributed by atoms with Crippen molar-refractivity contribution in [2.24, 2.45) is 0 Å². The summed E-state index contributed by atoms with van der Waals surface area (Å²) in [5.41, 5.74) is 0.391. The topological polar surface area (TPSA) is 101 Å². The Bertz CT molecular complexity index is 1680. The van der Waals surface area contributed by atoms with Crippen LogP contribution in [-0.4, -0.2) is 26.3 Å². The number of benzene rings is 4. The number of imide groups is 2. The second-order valence-electron chi connectivity index (χ2n) is 8.46. The first-order chi connectivity index (χ1) is 19.2. The van der Waals surface area contributed by atoms with Crippen LogP contribution in [0.1, 0.15) is 5.56 Å². The highest BCUT2D eigenvalue weighted by Gasteiger charge is 2.43. The van der Waals surface area contributed by atoms with Gasteiger partial charge in [-0.05, 0) is 60.2 Å². The first-order valence-corrected chi connectivity index (χ1v) is 13.9. The van der Waals surface area contributed by atoms with Crippen LogP contribution in [-0.2, 0) is 19.7 Å². The minimum Gasteiger partial charge on any atom is -0.376 e. The molecular weight excluding hydrogens is 575 g/mol. The number of nitrogens with zero attached hydrogens (tertiary/aromatic N) is 2. The van der Waals surface area contributed by atoms with E-state index in [1.165, 1.54) is 42.5 Å². The highest BCUT2D eigenvalue weighted by atomic mass is 35.5. The molecule has 0 unspecified atom stereocenters. The van der Waals surface area contributed by atoms with Crippen molar-refractivity contribution < 1.29 is 27.0 Å². The van der Waals surface area contributed by atoms with Crippen LogP contribution in [0, 0.1) is 0 Å². The summed E-state index contributed by atoms with van der Waals surface area (Å²) in [5, 5.41) is -0.351. The van der Waals surface area contributed by atoms with E-state index in [0.717, 1.165) is 9.80 Å². The van der Waals surface area contributed by atoms with Crippen molar-refractivity contribution >= 4 is 68.6 Å². The zero-order valence-corrected chi connectivity index (χ0v) is 22.7. The first-order valence-electron chi connectivity index (χ1n) is 11.7. The monoisotopic (exact) mass is 592 g/mol. The summed E-state index contributed by atoms with van der Waals surface area (Å²) in [7, 11) is -4.24. The van der Waals surface area contributed by atoms with Gasteiger partial charge in [0.2, 0.25) is 0 Å². The molecule has 4 aromatic rings. The Balaban J connectivity index is 1.56. The quantitative estimate of drug-likeness (QED) is 0.147. The van der Waals surface area contributed by atoms with Gasteiger partial charge in [-0.1, -0.05) is 77.8 Å². The number of hydrogen-bond acceptors (Lipinski definition) is 6. The van der Waals surface area contributed by atoms with E-state index in [-0.39, 0.29) is 43.2 Å². The number of amides is 4. The largest absolute Gasteiger partial charge is 0.376 e. The smallest absolute Gasteiger partial charge is 0.343 e. The third kappa shape index (κ3) is 5.22. The van der Waals surface area contributed by atoms with E-state index in [9.17, 15) is 22.8 Å². The molecule has 1 saturated heterocycles. The van der Waals surface area contributed by atoms with Crippen LogP contribution in [0.5, 0.6) is 5.75 Å². The van der Waals surface area contributed by atoms with Gasteiger partial charge in [-0.25, -0.2) is 14.6 Å². The van der Waals surface area contributed by atoms with Gasteiger partial charge in [0.25, 0.3) is 11.8 Å². The van der Waals surface area contributed by atoms with Crippen LogP contribution in [0.4, 0.5) is 16.2 Å². The predicted octanol–water partition coefficient (Wildman–Crippen LogP) is 6.34. The van der Waals surface area contributed by atoms with Gasteiger partial charge in [0.1, 0.15) is 10.5 Å². The van der Waals surface area contributed by atoms with Gasteiger partial charge in [0, 0.05) is 0 Å². The number of barbiturate groups is 1. The average Bonchev–Trinajstić information content (AvgIpc) is 2.95. The molecule has 1 aliphatic rings. The number of rotatable bonds is 6. The molecule has 8 nitrogen and oxygen atoms in total. The van der Waals surface area contributed by atoms with E-state index in [1.54, 1.807) is 66.7 Å². The maximum atomic E-state index is 13.5. The molecule has 4 amide bonds. The predicted molar refractivity (Wildman–Crippen MR) is 152 cm³/mol. The summed E-state index contributed by atoms with van der Waals surface area (Å²) in [6, 6.07) is 25.6. The lowest BCUT2D eigenvalue weighted by molar-refractivity contribution is -0.121. The molecule has 0 aliphatic carbocycles. The van der Waals surface area contributed by atoms with Crippen LogP contribution in [0.25, 0.3) is 6.08 Å². The van der Waals surface area contributed by atoms with Crippen LogP contribution < -0.4 is 14.0 Å². The van der Waals surface area contributed by atoms with E-state index in [2.05, 4.69) is 0 Å². The Morgan fingerprint density at radius 1 is 0.650 bits per heavy atom. The van der Waals surface area contributed by atoms with Crippen LogP contribution in [0.15, 0.2) is 114 Å². The fourth-order valence-corrected chi connectivity index (χ4v) is 5.65. The molecular formula is C29H18Cl2N2O6S.